The van der Waals surface area contributed by atoms with Gasteiger partial charge in [-0.2, -0.15) is 0 Å². The van der Waals surface area contributed by atoms with Crippen LogP contribution in [0.5, 0.6) is 0 Å². The van der Waals surface area contributed by atoms with E-state index in [1.54, 1.807) is 0 Å². The molecule has 2 heterocycles. The zero-order valence-corrected chi connectivity index (χ0v) is 10.2. The fraction of sp³-hybridized carbons (Fsp3) is 0.615. The zero-order valence-electron chi connectivity index (χ0n) is 10.2. The molecule has 0 aromatic carbocycles. The SMILES string of the molecule is CCC(C)c1cccc(N2CCNCC2)n1. The summed E-state index contributed by atoms with van der Waals surface area (Å²) in [6, 6.07) is 6.39. The number of hydrogen-bond donors (Lipinski definition) is 1. The Hall–Kier alpha value is -1.09. The number of piperazine rings is 1. The Balaban J connectivity index is 2.14. The topological polar surface area (TPSA) is 28.2 Å². The van der Waals surface area contributed by atoms with Crippen LogP contribution in [0.15, 0.2) is 18.2 Å². The Kier molecular flexibility index (Phi) is 3.78. The first kappa shape index (κ1) is 11.4. The van der Waals surface area contributed by atoms with E-state index < -0.39 is 0 Å². The molecule has 0 amide bonds. The summed E-state index contributed by atoms with van der Waals surface area (Å²) in [5.41, 5.74) is 1.22. The molecule has 3 heteroatoms. The molecule has 0 spiro atoms. The van der Waals surface area contributed by atoms with Gasteiger partial charge in [0.1, 0.15) is 5.82 Å². The highest BCUT2D eigenvalue weighted by Gasteiger charge is 2.12. The van der Waals surface area contributed by atoms with Crippen LogP contribution in [0.1, 0.15) is 31.9 Å². The number of nitrogens with zero attached hydrogens (tertiary/aromatic N) is 2. The second-order valence-corrected chi connectivity index (χ2v) is 4.47. The summed E-state index contributed by atoms with van der Waals surface area (Å²) < 4.78 is 0. The lowest BCUT2D eigenvalue weighted by Crippen LogP contribution is -2.43. The minimum Gasteiger partial charge on any atom is -0.354 e. The highest BCUT2D eigenvalue weighted by Crippen LogP contribution is 2.19. The average Bonchev–Trinajstić information content (AvgIpc) is 2.39. The lowest BCUT2D eigenvalue weighted by Gasteiger charge is -2.28. The molecule has 1 aromatic rings. The normalized spacial score (nSPS) is 18.5. The fourth-order valence-corrected chi connectivity index (χ4v) is 1.99. The van der Waals surface area contributed by atoms with E-state index in [-0.39, 0.29) is 0 Å². The summed E-state index contributed by atoms with van der Waals surface area (Å²) >= 11 is 0. The lowest BCUT2D eigenvalue weighted by molar-refractivity contribution is 0.582. The van der Waals surface area contributed by atoms with Crippen LogP contribution in [0.2, 0.25) is 0 Å². The number of rotatable bonds is 3. The summed E-state index contributed by atoms with van der Waals surface area (Å²) in [5.74, 6) is 1.70. The summed E-state index contributed by atoms with van der Waals surface area (Å²) in [7, 11) is 0. The summed E-state index contributed by atoms with van der Waals surface area (Å²) in [5, 5.41) is 3.36. The van der Waals surface area contributed by atoms with Crippen LogP contribution in [0.4, 0.5) is 5.82 Å². The van der Waals surface area contributed by atoms with E-state index in [1.165, 1.54) is 5.69 Å². The van der Waals surface area contributed by atoms with E-state index in [2.05, 4.69) is 42.3 Å². The molecule has 1 aliphatic heterocycles. The van der Waals surface area contributed by atoms with Gasteiger partial charge in [-0.05, 0) is 24.5 Å². The minimum atomic E-state index is 0.558. The maximum atomic E-state index is 4.77. The second-order valence-electron chi connectivity index (χ2n) is 4.47. The summed E-state index contributed by atoms with van der Waals surface area (Å²) in [4.78, 5) is 7.13. The van der Waals surface area contributed by atoms with E-state index in [0.717, 1.165) is 38.4 Å². The molecule has 1 saturated heterocycles. The molecule has 1 aromatic heterocycles. The first-order valence-electron chi connectivity index (χ1n) is 6.24. The van der Waals surface area contributed by atoms with E-state index in [9.17, 15) is 0 Å². The van der Waals surface area contributed by atoms with Gasteiger partial charge in [0, 0.05) is 31.9 Å². The van der Waals surface area contributed by atoms with Crippen molar-refractivity contribution in [1.29, 1.82) is 0 Å². The molecule has 2 rings (SSSR count). The molecular weight excluding hydrogens is 198 g/mol. The predicted octanol–water partition coefficient (Wildman–Crippen LogP) is 2.00. The molecule has 0 bridgehead atoms. The highest BCUT2D eigenvalue weighted by molar-refractivity contribution is 5.40. The third kappa shape index (κ3) is 2.53. The fourth-order valence-electron chi connectivity index (χ4n) is 1.99. The first-order chi connectivity index (χ1) is 7.81. The van der Waals surface area contributed by atoms with Gasteiger partial charge in [0.15, 0.2) is 0 Å². The Bertz CT molecular complexity index is 332. The summed E-state index contributed by atoms with van der Waals surface area (Å²) in [6.07, 6.45) is 1.15. The molecule has 0 saturated carbocycles. The molecule has 16 heavy (non-hydrogen) atoms. The molecule has 1 unspecified atom stereocenters. The summed E-state index contributed by atoms with van der Waals surface area (Å²) in [6.45, 7) is 8.71. The van der Waals surface area contributed by atoms with Crippen LogP contribution < -0.4 is 10.2 Å². The average molecular weight is 219 g/mol. The van der Waals surface area contributed by atoms with Crippen LogP contribution in [0.25, 0.3) is 0 Å². The Labute approximate surface area is 97.9 Å². The Morgan fingerprint density at radius 1 is 1.38 bits per heavy atom. The van der Waals surface area contributed by atoms with Crippen molar-refractivity contribution in [1.82, 2.24) is 10.3 Å². The minimum absolute atomic E-state index is 0.558. The molecule has 1 aliphatic rings. The maximum absolute atomic E-state index is 4.77. The standard InChI is InChI=1S/C13H21N3/c1-3-11(2)12-5-4-6-13(15-12)16-9-7-14-8-10-16/h4-6,11,14H,3,7-10H2,1-2H3. The van der Waals surface area contributed by atoms with E-state index in [0.29, 0.717) is 5.92 Å². The van der Waals surface area contributed by atoms with Gasteiger partial charge in [-0.1, -0.05) is 19.9 Å². The van der Waals surface area contributed by atoms with Crippen LogP contribution in [0, 0.1) is 0 Å². The van der Waals surface area contributed by atoms with Crippen LogP contribution in [-0.4, -0.2) is 31.2 Å². The van der Waals surface area contributed by atoms with Crippen molar-refractivity contribution in [3.8, 4) is 0 Å². The van der Waals surface area contributed by atoms with Crippen molar-refractivity contribution >= 4 is 5.82 Å². The van der Waals surface area contributed by atoms with Crippen LogP contribution in [0.3, 0.4) is 0 Å². The molecule has 0 aliphatic carbocycles. The maximum Gasteiger partial charge on any atom is 0.128 e. The van der Waals surface area contributed by atoms with Gasteiger partial charge in [-0.3, -0.25) is 0 Å². The van der Waals surface area contributed by atoms with E-state index in [1.807, 2.05) is 0 Å². The molecular formula is C13H21N3. The quantitative estimate of drug-likeness (QED) is 0.843. The van der Waals surface area contributed by atoms with Gasteiger partial charge in [0.25, 0.3) is 0 Å². The van der Waals surface area contributed by atoms with Crippen molar-refractivity contribution in [2.45, 2.75) is 26.2 Å². The highest BCUT2D eigenvalue weighted by atomic mass is 15.2. The zero-order chi connectivity index (χ0) is 11.4. The third-order valence-corrected chi connectivity index (χ3v) is 3.31. The number of aromatic nitrogens is 1. The smallest absolute Gasteiger partial charge is 0.128 e. The molecule has 1 N–H and O–H groups in total. The van der Waals surface area contributed by atoms with Gasteiger partial charge in [0.2, 0.25) is 0 Å². The van der Waals surface area contributed by atoms with Gasteiger partial charge < -0.3 is 10.2 Å². The molecule has 88 valence electrons. The lowest BCUT2D eigenvalue weighted by atomic mass is 10.0. The second kappa shape index (κ2) is 5.30. The number of hydrogen-bond acceptors (Lipinski definition) is 3. The van der Waals surface area contributed by atoms with Crippen molar-refractivity contribution in [3.63, 3.8) is 0 Å². The first-order valence-corrected chi connectivity index (χ1v) is 6.24. The van der Waals surface area contributed by atoms with E-state index in [4.69, 9.17) is 4.98 Å². The number of pyridine rings is 1. The van der Waals surface area contributed by atoms with Gasteiger partial charge in [-0.25, -0.2) is 4.98 Å². The number of anilines is 1. The van der Waals surface area contributed by atoms with E-state index >= 15 is 0 Å². The van der Waals surface area contributed by atoms with Crippen LogP contribution in [-0.2, 0) is 0 Å². The van der Waals surface area contributed by atoms with Crippen LogP contribution >= 0.6 is 0 Å². The van der Waals surface area contributed by atoms with Gasteiger partial charge in [-0.15, -0.1) is 0 Å². The largest absolute Gasteiger partial charge is 0.354 e. The monoisotopic (exact) mass is 219 g/mol. The Morgan fingerprint density at radius 2 is 2.12 bits per heavy atom. The van der Waals surface area contributed by atoms with Crippen molar-refractivity contribution in [2.75, 3.05) is 31.1 Å². The van der Waals surface area contributed by atoms with Crippen molar-refractivity contribution in [2.24, 2.45) is 0 Å². The Morgan fingerprint density at radius 3 is 2.81 bits per heavy atom. The van der Waals surface area contributed by atoms with Gasteiger partial charge >= 0.3 is 0 Å². The van der Waals surface area contributed by atoms with Gasteiger partial charge in [0.05, 0.1) is 0 Å². The van der Waals surface area contributed by atoms with Crippen molar-refractivity contribution in [3.05, 3.63) is 23.9 Å². The molecule has 0 radical (unpaired) electrons. The third-order valence-electron chi connectivity index (χ3n) is 3.31. The molecule has 1 fully saturated rings. The predicted molar refractivity (Wildman–Crippen MR) is 68.0 cm³/mol. The van der Waals surface area contributed by atoms with Crippen molar-refractivity contribution < 1.29 is 0 Å². The molecule has 3 nitrogen and oxygen atoms in total. The molecule has 1 atom stereocenters. The number of nitrogens with one attached hydrogen (secondary N) is 1.